The molecule has 1 unspecified atom stereocenters. The van der Waals surface area contributed by atoms with E-state index in [-0.39, 0.29) is 6.61 Å². The van der Waals surface area contributed by atoms with Crippen molar-refractivity contribution in [3.05, 3.63) is 12.7 Å². The molecule has 0 aliphatic heterocycles. The summed E-state index contributed by atoms with van der Waals surface area (Å²) < 4.78 is 0. The fourth-order valence-corrected chi connectivity index (χ4v) is 0.699. The second-order valence-corrected chi connectivity index (χ2v) is 2.07. The van der Waals surface area contributed by atoms with Crippen LogP contribution in [0.5, 0.6) is 0 Å². The molecule has 0 aliphatic rings. The van der Waals surface area contributed by atoms with E-state index in [4.69, 9.17) is 10.2 Å². The topological polar surface area (TPSA) is 57.5 Å². The standard InChI is InChI=1S/C7H12O3/c1-2-3-6(4-5-8)7(9)10/h2,6,8H,1,3-5H2,(H,9,10). The lowest BCUT2D eigenvalue weighted by molar-refractivity contribution is -0.142. The maximum Gasteiger partial charge on any atom is 0.306 e. The Bertz CT molecular complexity index is 120. The van der Waals surface area contributed by atoms with Crippen molar-refractivity contribution in [2.45, 2.75) is 12.8 Å². The van der Waals surface area contributed by atoms with Crippen molar-refractivity contribution in [1.82, 2.24) is 0 Å². The quantitative estimate of drug-likeness (QED) is 0.557. The summed E-state index contributed by atoms with van der Waals surface area (Å²) >= 11 is 0. The van der Waals surface area contributed by atoms with Crippen LogP contribution in [0.2, 0.25) is 0 Å². The van der Waals surface area contributed by atoms with Crippen molar-refractivity contribution < 1.29 is 15.0 Å². The Morgan fingerprint density at radius 1 is 1.70 bits per heavy atom. The molecule has 0 aromatic rings. The van der Waals surface area contributed by atoms with E-state index in [2.05, 4.69) is 6.58 Å². The maximum absolute atomic E-state index is 10.3. The molecular weight excluding hydrogens is 132 g/mol. The largest absolute Gasteiger partial charge is 0.481 e. The Morgan fingerprint density at radius 2 is 2.30 bits per heavy atom. The number of carboxylic acids is 1. The number of allylic oxidation sites excluding steroid dienone is 1. The molecular formula is C7H12O3. The summed E-state index contributed by atoms with van der Waals surface area (Å²) in [5.74, 6) is -1.34. The molecule has 0 heterocycles. The molecule has 58 valence electrons. The SMILES string of the molecule is C=CCC(CCO)C(=O)O. The van der Waals surface area contributed by atoms with Gasteiger partial charge in [0, 0.05) is 6.61 Å². The molecule has 0 fully saturated rings. The molecule has 0 saturated heterocycles. The van der Waals surface area contributed by atoms with E-state index >= 15 is 0 Å². The number of rotatable bonds is 5. The minimum atomic E-state index is -0.867. The molecule has 0 saturated carbocycles. The van der Waals surface area contributed by atoms with E-state index in [0.717, 1.165) is 0 Å². The third-order valence-electron chi connectivity index (χ3n) is 1.28. The second kappa shape index (κ2) is 4.99. The molecule has 0 bridgehead atoms. The van der Waals surface area contributed by atoms with Crippen LogP contribution in [0.15, 0.2) is 12.7 Å². The minimum absolute atomic E-state index is 0.0786. The first kappa shape index (κ1) is 9.17. The highest BCUT2D eigenvalue weighted by Gasteiger charge is 2.13. The molecule has 0 aromatic carbocycles. The highest BCUT2D eigenvalue weighted by atomic mass is 16.4. The average molecular weight is 144 g/mol. The van der Waals surface area contributed by atoms with Crippen LogP contribution >= 0.6 is 0 Å². The van der Waals surface area contributed by atoms with Crippen molar-refractivity contribution in [2.75, 3.05) is 6.61 Å². The molecule has 1 atom stereocenters. The van der Waals surface area contributed by atoms with Crippen LogP contribution in [0.1, 0.15) is 12.8 Å². The monoisotopic (exact) mass is 144 g/mol. The summed E-state index contributed by atoms with van der Waals surface area (Å²) in [6, 6.07) is 0. The van der Waals surface area contributed by atoms with Gasteiger partial charge in [-0.25, -0.2) is 0 Å². The van der Waals surface area contributed by atoms with Gasteiger partial charge >= 0.3 is 5.97 Å². The maximum atomic E-state index is 10.3. The summed E-state index contributed by atoms with van der Waals surface area (Å²) in [7, 11) is 0. The van der Waals surface area contributed by atoms with Crippen molar-refractivity contribution in [3.63, 3.8) is 0 Å². The Kier molecular flexibility index (Phi) is 4.58. The zero-order valence-electron chi connectivity index (χ0n) is 5.79. The molecule has 0 amide bonds. The van der Waals surface area contributed by atoms with Gasteiger partial charge in [0.15, 0.2) is 0 Å². The van der Waals surface area contributed by atoms with Crippen LogP contribution in [-0.2, 0) is 4.79 Å². The highest BCUT2D eigenvalue weighted by Crippen LogP contribution is 2.07. The lowest BCUT2D eigenvalue weighted by atomic mass is 10.0. The van der Waals surface area contributed by atoms with Crippen molar-refractivity contribution in [2.24, 2.45) is 5.92 Å². The molecule has 0 aromatic heterocycles. The van der Waals surface area contributed by atoms with E-state index < -0.39 is 11.9 Å². The first-order valence-electron chi connectivity index (χ1n) is 3.17. The molecule has 0 aliphatic carbocycles. The molecule has 2 N–H and O–H groups in total. The zero-order chi connectivity index (χ0) is 7.98. The summed E-state index contributed by atoms with van der Waals surface area (Å²) in [5.41, 5.74) is 0. The Hall–Kier alpha value is -0.830. The van der Waals surface area contributed by atoms with Gasteiger partial charge in [-0.05, 0) is 12.8 Å². The van der Waals surface area contributed by atoms with E-state index in [0.29, 0.717) is 12.8 Å². The van der Waals surface area contributed by atoms with Gasteiger partial charge in [0.05, 0.1) is 5.92 Å². The number of aliphatic hydroxyl groups is 1. The van der Waals surface area contributed by atoms with Gasteiger partial charge < -0.3 is 10.2 Å². The Labute approximate surface area is 60.0 Å². The van der Waals surface area contributed by atoms with E-state index in [9.17, 15) is 4.79 Å². The van der Waals surface area contributed by atoms with Gasteiger partial charge in [0.2, 0.25) is 0 Å². The molecule has 0 radical (unpaired) electrons. The van der Waals surface area contributed by atoms with Crippen LogP contribution < -0.4 is 0 Å². The predicted molar refractivity (Wildman–Crippen MR) is 37.6 cm³/mol. The van der Waals surface area contributed by atoms with Gasteiger partial charge in [0.1, 0.15) is 0 Å². The average Bonchev–Trinajstić information content (AvgIpc) is 1.87. The number of hydrogen-bond donors (Lipinski definition) is 2. The van der Waals surface area contributed by atoms with Gasteiger partial charge in [-0.3, -0.25) is 4.79 Å². The third-order valence-corrected chi connectivity index (χ3v) is 1.28. The van der Waals surface area contributed by atoms with Crippen molar-refractivity contribution >= 4 is 5.97 Å². The van der Waals surface area contributed by atoms with Crippen LogP contribution in [0.25, 0.3) is 0 Å². The highest BCUT2D eigenvalue weighted by molar-refractivity contribution is 5.70. The Morgan fingerprint density at radius 3 is 2.60 bits per heavy atom. The van der Waals surface area contributed by atoms with E-state index in [1.807, 2.05) is 0 Å². The summed E-state index contributed by atoms with van der Waals surface area (Å²) in [6.07, 6.45) is 2.28. The van der Waals surface area contributed by atoms with Crippen LogP contribution in [0.3, 0.4) is 0 Å². The van der Waals surface area contributed by atoms with Gasteiger partial charge in [-0.2, -0.15) is 0 Å². The third kappa shape index (κ3) is 3.25. The van der Waals surface area contributed by atoms with Gasteiger partial charge in [-0.15, -0.1) is 6.58 Å². The molecule has 3 heteroatoms. The summed E-state index contributed by atoms with van der Waals surface area (Å²) in [4.78, 5) is 10.3. The van der Waals surface area contributed by atoms with Crippen LogP contribution in [0.4, 0.5) is 0 Å². The number of hydrogen-bond acceptors (Lipinski definition) is 2. The summed E-state index contributed by atoms with van der Waals surface area (Å²) in [5, 5.41) is 16.9. The summed E-state index contributed by atoms with van der Waals surface area (Å²) in [6.45, 7) is 3.34. The zero-order valence-corrected chi connectivity index (χ0v) is 5.79. The van der Waals surface area contributed by atoms with Gasteiger partial charge in [0.25, 0.3) is 0 Å². The van der Waals surface area contributed by atoms with Gasteiger partial charge in [-0.1, -0.05) is 6.08 Å². The van der Waals surface area contributed by atoms with Crippen molar-refractivity contribution in [3.8, 4) is 0 Å². The molecule has 3 nitrogen and oxygen atoms in total. The van der Waals surface area contributed by atoms with Crippen LogP contribution in [-0.4, -0.2) is 22.8 Å². The van der Waals surface area contributed by atoms with E-state index in [1.54, 1.807) is 6.08 Å². The smallest absolute Gasteiger partial charge is 0.306 e. The number of aliphatic carboxylic acids is 1. The molecule has 0 spiro atoms. The Balaban J connectivity index is 3.71. The normalized spacial score (nSPS) is 12.5. The number of aliphatic hydroxyl groups excluding tert-OH is 1. The van der Waals surface area contributed by atoms with Crippen molar-refractivity contribution in [1.29, 1.82) is 0 Å². The second-order valence-electron chi connectivity index (χ2n) is 2.07. The predicted octanol–water partition coefficient (Wildman–Crippen LogP) is 0.646. The fraction of sp³-hybridized carbons (Fsp3) is 0.571. The molecule has 0 rings (SSSR count). The number of carbonyl (C=O) groups is 1. The lowest BCUT2D eigenvalue weighted by Crippen LogP contribution is -2.14. The fourth-order valence-electron chi connectivity index (χ4n) is 0.699. The minimum Gasteiger partial charge on any atom is -0.481 e. The first-order chi connectivity index (χ1) is 4.72. The molecule has 10 heavy (non-hydrogen) atoms. The van der Waals surface area contributed by atoms with E-state index in [1.165, 1.54) is 0 Å². The first-order valence-corrected chi connectivity index (χ1v) is 3.17. The number of carboxylic acid groups (broad SMARTS) is 1. The lowest BCUT2D eigenvalue weighted by Gasteiger charge is -2.05. The van der Waals surface area contributed by atoms with Crippen LogP contribution in [0, 0.1) is 5.92 Å².